The first-order chi connectivity index (χ1) is 60.5. The molecule has 0 heterocycles. The molecule has 0 aliphatic heterocycles. The minimum atomic E-state index is -0.104. The highest BCUT2D eigenvalue weighted by Crippen LogP contribution is 2.42. The molecule has 0 aromatic heterocycles. The van der Waals surface area contributed by atoms with Crippen LogP contribution < -0.4 is 85.9 Å². The summed E-state index contributed by atoms with van der Waals surface area (Å²) >= 11 is 0. The van der Waals surface area contributed by atoms with Crippen LogP contribution in [-0.2, 0) is 67.1 Å². The topological polar surface area (TPSA) is 459 Å². The third-order valence-corrected chi connectivity index (χ3v) is 26.2. The van der Waals surface area contributed by atoms with E-state index in [1.54, 1.807) is 6.92 Å². The fraction of sp³-hybridized carbons (Fsp3) is 0.856. The molecule has 0 aromatic carbocycles. The molecule has 0 saturated heterocycles. The summed E-state index contributed by atoms with van der Waals surface area (Å²) in [5, 5.41) is 42.6. The van der Waals surface area contributed by atoms with Gasteiger partial charge in [0.15, 0.2) is 0 Å². The second kappa shape index (κ2) is 77.3. The maximum absolute atomic E-state index is 12.5. The van der Waals surface area contributed by atoms with Crippen molar-refractivity contribution >= 4 is 82.7 Å². The van der Waals surface area contributed by atoms with Crippen LogP contribution >= 0.6 is 0 Å². The summed E-state index contributed by atoms with van der Waals surface area (Å²) in [6, 6.07) is 0. The monoisotopic (exact) mass is 1800 g/mol. The van der Waals surface area contributed by atoms with Gasteiger partial charge in [-0.15, -0.1) is 0 Å². The number of nitrogens with one attached hydrogen (secondary N) is 14. The van der Waals surface area contributed by atoms with Crippen LogP contribution in [0.5, 0.6) is 0 Å². The van der Waals surface area contributed by atoms with E-state index in [0.29, 0.717) is 105 Å². The van der Waals surface area contributed by atoms with Gasteiger partial charge in [-0.25, -0.2) is 0 Å². The number of rotatable bonds is 82. The normalized spacial score (nSPS) is 12.9. The van der Waals surface area contributed by atoms with Gasteiger partial charge in [0.1, 0.15) is 0 Å². The van der Waals surface area contributed by atoms with E-state index in [0.717, 1.165) is 250 Å². The van der Waals surface area contributed by atoms with E-state index in [-0.39, 0.29) is 166 Å². The number of carbonyl (C=O) groups is 14. The molecule has 0 spiro atoms. The Morgan fingerprint density at radius 3 is 0.346 bits per heavy atom. The van der Waals surface area contributed by atoms with Crippen LogP contribution in [0, 0.1) is 82.9 Å². The Morgan fingerprint density at radius 2 is 0.236 bits per heavy atom. The lowest BCUT2D eigenvalue weighted by atomic mass is 9.72. The van der Waals surface area contributed by atoms with Gasteiger partial charge >= 0.3 is 0 Å². The number of hydrogen-bond donors (Lipinski definition) is 16. The zero-order valence-electron chi connectivity index (χ0n) is 81.8. The first-order valence-corrected chi connectivity index (χ1v) is 49.3. The number of amides is 14. The Labute approximate surface area is 766 Å². The molecule has 0 aliphatic rings. The quantitative estimate of drug-likeness (QED) is 0.0269. The van der Waals surface area contributed by atoms with E-state index in [4.69, 9.17) is 11.5 Å². The zero-order chi connectivity index (χ0) is 95.0. The van der Waals surface area contributed by atoms with Crippen LogP contribution in [0.4, 0.5) is 0 Å². The summed E-state index contributed by atoms with van der Waals surface area (Å²) < 4.78 is 0. The molecule has 0 rings (SSSR count). The molecule has 6 atom stereocenters. The second-order valence-corrected chi connectivity index (χ2v) is 37.5. The van der Waals surface area contributed by atoms with Gasteiger partial charge in [0.2, 0.25) is 82.7 Å². The van der Waals surface area contributed by atoms with Gasteiger partial charge in [-0.05, 0) is 224 Å². The van der Waals surface area contributed by atoms with Crippen molar-refractivity contribution in [2.45, 2.75) is 347 Å². The molecule has 6 unspecified atom stereocenters. The highest BCUT2D eigenvalue weighted by molar-refractivity contribution is 5.77. The predicted octanol–water partition coefficient (Wildman–Crippen LogP) is 10.6. The Morgan fingerprint density at radius 1 is 0.142 bits per heavy atom. The van der Waals surface area contributed by atoms with Crippen molar-refractivity contribution in [3.63, 3.8) is 0 Å². The van der Waals surface area contributed by atoms with Gasteiger partial charge in [0.05, 0.1) is 0 Å². The van der Waals surface area contributed by atoms with Crippen molar-refractivity contribution < 1.29 is 67.1 Å². The average Bonchev–Trinajstić information content (AvgIpc) is 0.875. The first kappa shape index (κ1) is 120. The van der Waals surface area contributed by atoms with Gasteiger partial charge in [0.25, 0.3) is 0 Å². The van der Waals surface area contributed by atoms with Crippen LogP contribution in [0.15, 0.2) is 0 Å². The third-order valence-electron chi connectivity index (χ3n) is 26.2. The van der Waals surface area contributed by atoms with Crippen molar-refractivity contribution in [2.24, 2.45) is 94.3 Å². The lowest BCUT2D eigenvalue weighted by molar-refractivity contribution is -0.120. The van der Waals surface area contributed by atoms with E-state index in [1.807, 2.05) is 0 Å². The minimum Gasteiger partial charge on any atom is -0.356 e. The largest absolute Gasteiger partial charge is 0.356 e. The van der Waals surface area contributed by atoms with Gasteiger partial charge in [-0.2, -0.15) is 0 Å². The summed E-state index contributed by atoms with van der Waals surface area (Å²) in [7, 11) is 0. The standard InChI is InChI=1S/C97H184N16O14/c1-70(114)100-55-40-88(39-54-98)22-15-84(16-23-89(41-56-101-71(2)115)42-57-102-72(3)116)31-35-96(36-32-85(17-24-90(43-58-103-73(4)117)44-59-104-74(5)118)18-25-91(45-60-105-75(6)119)46-61-106-76(7)120)97(38-34-87(29-30-95(69-99)53-68-113-83(14)127)21-28-94(51-66-111-81(12)125)52-67-112-82(13)126)37-33-86(19-26-92(47-62-107-77(8)121)48-63-108-78(9)122)20-27-93(49-64-109-79(10)123)50-65-110-80(11)124/h84-97H,15-69,98-99H2,1-14H3,(H,100,114)(H,101,115)(H,102,116)(H,103,117)(H,104,118)(H,105,119)(H,106,120)(H,107,121)(H,108,122)(H,109,123)(H,110,124)(H,111,125)(H,112,126)(H,113,127). The number of nitrogens with two attached hydrogens (primary N) is 2. The average molecular weight is 1800 g/mol. The summed E-state index contributed by atoms with van der Waals surface area (Å²) in [6.45, 7) is 29.5. The Kier molecular flexibility index (Phi) is 72.7. The molecular formula is C97H184N16O14. The summed E-state index contributed by atoms with van der Waals surface area (Å²) in [5.41, 5.74) is 13.1. The van der Waals surface area contributed by atoms with Crippen LogP contribution in [-0.4, -0.2) is 187 Å². The van der Waals surface area contributed by atoms with Crippen LogP contribution in [0.2, 0.25) is 0 Å². The molecule has 0 fully saturated rings. The Hall–Kier alpha value is -7.50. The molecule has 736 valence electrons. The highest BCUT2D eigenvalue weighted by atomic mass is 16.2. The van der Waals surface area contributed by atoms with E-state index in [1.165, 1.54) is 90.0 Å². The molecule has 0 aliphatic carbocycles. The lowest BCUT2D eigenvalue weighted by Gasteiger charge is -2.34. The number of hydrogen-bond acceptors (Lipinski definition) is 16. The molecule has 0 saturated carbocycles. The molecule has 0 radical (unpaired) electrons. The van der Waals surface area contributed by atoms with Crippen LogP contribution in [0.3, 0.4) is 0 Å². The fourth-order valence-electron chi connectivity index (χ4n) is 18.5. The zero-order valence-corrected chi connectivity index (χ0v) is 81.8. The molecule has 14 amide bonds. The van der Waals surface area contributed by atoms with E-state index in [2.05, 4.69) is 74.4 Å². The number of carbonyl (C=O) groups excluding carboxylic acids is 14. The van der Waals surface area contributed by atoms with Crippen LogP contribution in [0.25, 0.3) is 0 Å². The smallest absolute Gasteiger partial charge is 0.216 e. The van der Waals surface area contributed by atoms with Gasteiger partial charge in [-0.3, -0.25) is 67.1 Å². The fourth-order valence-corrected chi connectivity index (χ4v) is 18.5. The third kappa shape index (κ3) is 76.0. The van der Waals surface area contributed by atoms with Gasteiger partial charge < -0.3 is 85.9 Å². The highest BCUT2D eigenvalue weighted by Gasteiger charge is 2.31. The molecule has 30 nitrogen and oxygen atoms in total. The summed E-state index contributed by atoms with van der Waals surface area (Å²) in [4.78, 5) is 174. The molecular weight excluding hydrogens is 1610 g/mol. The first-order valence-electron chi connectivity index (χ1n) is 49.3. The van der Waals surface area contributed by atoms with Gasteiger partial charge in [0, 0.05) is 189 Å². The van der Waals surface area contributed by atoms with Crippen molar-refractivity contribution in [1.29, 1.82) is 0 Å². The summed E-state index contributed by atoms with van der Waals surface area (Å²) in [5.74, 6) is 1.54. The summed E-state index contributed by atoms with van der Waals surface area (Å²) in [6.07, 6.45) is 32.8. The van der Waals surface area contributed by atoms with Crippen molar-refractivity contribution in [2.75, 3.05) is 105 Å². The van der Waals surface area contributed by atoms with E-state index in [9.17, 15) is 67.1 Å². The van der Waals surface area contributed by atoms with Crippen molar-refractivity contribution in [3.8, 4) is 0 Å². The molecule has 0 aromatic rings. The van der Waals surface area contributed by atoms with Crippen molar-refractivity contribution in [1.82, 2.24) is 74.4 Å². The maximum Gasteiger partial charge on any atom is 0.216 e. The van der Waals surface area contributed by atoms with Crippen molar-refractivity contribution in [3.05, 3.63) is 0 Å². The van der Waals surface area contributed by atoms with E-state index < -0.39 is 0 Å². The SMILES string of the molecule is CC(=O)NCCC(CN)CCC(CCC(CCNC(C)=O)CCNC(C)=O)CCC(CCC(CCC(CCNC(C)=O)CCNC(C)=O)CCC(CCNC(C)=O)CCNC(C)=O)C(CCC(CCC(CCN)CCNC(C)=O)CCC(CCNC(C)=O)CCNC(C)=O)CCC(CCC(CCNC(C)=O)CCNC(C)=O)CCC(CCNC(C)=O)CCNC(C)=O. The van der Waals surface area contributed by atoms with Crippen LogP contribution in [0.1, 0.15) is 347 Å². The minimum absolute atomic E-state index is 0.0786. The predicted molar refractivity (Wildman–Crippen MR) is 509 cm³/mol. The van der Waals surface area contributed by atoms with Gasteiger partial charge in [-0.1, -0.05) is 122 Å². The second-order valence-electron chi connectivity index (χ2n) is 37.5. The molecule has 18 N–H and O–H groups in total. The Balaban J connectivity index is 9.83. The molecule has 127 heavy (non-hydrogen) atoms. The Bertz CT molecular complexity index is 2820. The van der Waals surface area contributed by atoms with E-state index >= 15 is 0 Å². The molecule has 30 heteroatoms. The maximum atomic E-state index is 12.5. The lowest BCUT2D eigenvalue weighted by Crippen LogP contribution is -2.27. The molecule has 0 bridgehead atoms.